The monoisotopic (exact) mass is 223 g/mol. The van der Waals surface area contributed by atoms with E-state index in [1.54, 1.807) is 18.3 Å². The molecule has 0 spiro atoms. The van der Waals surface area contributed by atoms with Gasteiger partial charge in [0, 0.05) is 17.1 Å². The van der Waals surface area contributed by atoms with E-state index in [4.69, 9.17) is 0 Å². The Morgan fingerprint density at radius 2 is 1.65 bits per heavy atom. The van der Waals surface area contributed by atoms with Gasteiger partial charge in [-0.25, -0.2) is 4.39 Å². The van der Waals surface area contributed by atoms with Gasteiger partial charge < -0.3 is 0 Å². The molecular formula is C15H10FN. The lowest BCUT2D eigenvalue weighted by molar-refractivity contribution is 0.642. The average molecular weight is 223 g/mol. The van der Waals surface area contributed by atoms with Crippen LogP contribution in [0.5, 0.6) is 0 Å². The quantitative estimate of drug-likeness (QED) is 0.606. The maximum atomic E-state index is 14.3. The summed E-state index contributed by atoms with van der Waals surface area (Å²) >= 11 is 0. The van der Waals surface area contributed by atoms with Gasteiger partial charge in [0.2, 0.25) is 0 Å². The number of nitrogens with zero attached hydrogens (tertiary/aromatic N) is 1. The van der Waals surface area contributed by atoms with Crippen molar-refractivity contribution in [2.75, 3.05) is 0 Å². The molecular weight excluding hydrogens is 213 g/mol. The smallest absolute Gasteiger partial charge is 0.140 e. The number of rotatable bonds is 1. The zero-order valence-electron chi connectivity index (χ0n) is 9.10. The van der Waals surface area contributed by atoms with E-state index >= 15 is 0 Å². The molecule has 0 amide bonds. The van der Waals surface area contributed by atoms with Crippen molar-refractivity contribution in [1.29, 1.82) is 0 Å². The van der Waals surface area contributed by atoms with Gasteiger partial charge >= 0.3 is 0 Å². The predicted molar refractivity (Wildman–Crippen MR) is 67.1 cm³/mol. The Balaban J connectivity index is 2.29. The molecule has 0 aliphatic carbocycles. The molecule has 0 aliphatic rings. The maximum absolute atomic E-state index is 14.3. The first-order valence-corrected chi connectivity index (χ1v) is 5.45. The molecule has 3 aromatic rings. The van der Waals surface area contributed by atoms with E-state index in [0.29, 0.717) is 16.6 Å². The van der Waals surface area contributed by atoms with Crippen molar-refractivity contribution in [3.63, 3.8) is 0 Å². The van der Waals surface area contributed by atoms with Gasteiger partial charge in [-0.2, -0.15) is 0 Å². The van der Waals surface area contributed by atoms with Crippen LogP contribution in [0, 0.1) is 5.82 Å². The van der Waals surface area contributed by atoms with Gasteiger partial charge in [-0.05, 0) is 23.6 Å². The lowest BCUT2D eigenvalue weighted by atomic mass is 10.0. The van der Waals surface area contributed by atoms with E-state index in [-0.39, 0.29) is 5.82 Å². The van der Waals surface area contributed by atoms with Crippen molar-refractivity contribution in [2.45, 2.75) is 0 Å². The highest BCUT2D eigenvalue weighted by atomic mass is 19.1. The second-order valence-electron chi connectivity index (χ2n) is 3.86. The molecule has 0 bridgehead atoms. The Bertz CT molecular complexity index is 662. The Morgan fingerprint density at radius 1 is 0.824 bits per heavy atom. The summed E-state index contributed by atoms with van der Waals surface area (Å²) in [5.41, 5.74) is 1.21. The number of hydrogen-bond acceptors (Lipinski definition) is 1. The summed E-state index contributed by atoms with van der Waals surface area (Å²) in [6.45, 7) is 0. The number of pyridine rings is 1. The van der Waals surface area contributed by atoms with Gasteiger partial charge in [-0.15, -0.1) is 0 Å². The third kappa shape index (κ3) is 1.68. The van der Waals surface area contributed by atoms with Crippen LogP contribution in [0.4, 0.5) is 4.39 Å². The molecule has 2 heteroatoms. The molecule has 82 valence electrons. The molecule has 0 radical (unpaired) electrons. The first-order chi connectivity index (χ1) is 8.36. The summed E-state index contributed by atoms with van der Waals surface area (Å²) in [7, 11) is 0. The second kappa shape index (κ2) is 3.98. The van der Waals surface area contributed by atoms with Crippen molar-refractivity contribution in [3.05, 3.63) is 66.6 Å². The van der Waals surface area contributed by atoms with Crippen LogP contribution >= 0.6 is 0 Å². The van der Waals surface area contributed by atoms with E-state index in [1.807, 2.05) is 42.5 Å². The van der Waals surface area contributed by atoms with Crippen molar-refractivity contribution in [3.8, 4) is 11.3 Å². The molecule has 0 aliphatic heterocycles. The van der Waals surface area contributed by atoms with Gasteiger partial charge in [-0.1, -0.05) is 36.4 Å². The zero-order chi connectivity index (χ0) is 11.7. The summed E-state index contributed by atoms with van der Waals surface area (Å²) in [5, 5.41) is 1.54. The summed E-state index contributed by atoms with van der Waals surface area (Å²) in [6.07, 6.45) is 1.67. The number of benzene rings is 2. The lowest BCUT2D eigenvalue weighted by Gasteiger charge is -2.05. The van der Waals surface area contributed by atoms with E-state index < -0.39 is 0 Å². The van der Waals surface area contributed by atoms with Crippen LogP contribution in [0.1, 0.15) is 0 Å². The topological polar surface area (TPSA) is 12.9 Å². The second-order valence-corrected chi connectivity index (χ2v) is 3.86. The first kappa shape index (κ1) is 9.97. The standard InChI is InChI=1S/C15H10FN/c16-15-12-6-2-1-5-11(12)8-9-13(15)14-7-3-4-10-17-14/h1-10H. The molecule has 0 atom stereocenters. The van der Waals surface area contributed by atoms with Crippen LogP contribution in [0.3, 0.4) is 0 Å². The molecule has 1 nitrogen and oxygen atoms in total. The molecule has 2 aromatic carbocycles. The lowest BCUT2D eigenvalue weighted by Crippen LogP contribution is -1.88. The van der Waals surface area contributed by atoms with Crippen molar-refractivity contribution in [2.24, 2.45) is 0 Å². The van der Waals surface area contributed by atoms with E-state index in [1.165, 1.54) is 0 Å². The molecule has 0 saturated heterocycles. The van der Waals surface area contributed by atoms with E-state index in [2.05, 4.69) is 4.98 Å². The van der Waals surface area contributed by atoms with Crippen molar-refractivity contribution in [1.82, 2.24) is 4.98 Å². The van der Waals surface area contributed by atoms with Crippen LogP contribution in [-0.4, -0.2) is 4.98 Å². The molecule has 0 saturated carbocycles. The van der Waals surface area contributed by atoms with Crippen molar-refractivity contribution >= 4 is 10.8 Å². The molecule has 0 unspecified atom stereocenters. The van der Waals surface area contributed by atoms with Crippen LogP contribution in [-0.2, 0) is 0 Å². The molecule has 0 N–H and O–H groups in total. The Labute approximate surface area is 98.6 Å². The maximum Gasteiger partial charge on any atom is 0.140 e. The van der Waals surface area contributed by atoms with E-state index in [9.17, 15) is 4.39 Å². The third-order valence-corrected chi connectivity index (χ3v) is 2.80. The fourth-order valence-electron chi connectivity index (χ4n) is 1.95. The Kier molecular flexibility index (Phi) is 2.33. The SMILES string of the molecule is Fc1c(-c2ccccn2)ccc2ccccc12. The molecule has 0 fully saturated rings. The zero-order valence-corrected chi connectivity index (χ0v) is 9.10. The van der Waals surface area contributed by atoms with Gasteiger partial charge in [0.1, 0.15) is 5.82 Å². The van der Waals surface area contributed by atoms with Gasteiger partial charge in [-0.3, -0.25) is 4.98 Å². The summed E-state index contributed by atoms with van der Waals surface area (Å²) in [6, 6.07) is 16.6. The highest BCUT2D eigenvalue weighted by molar-refractivity contribution is 5.87. The third-order valence-electron chi connectivity index (χ3n) is 2.80. The van der Waals surface area contributed by atoms with Gasteiger partial charge in [0.25, 0.3) is 0 Å². The predicted octanol–water partition coefficient (Wildman–Crippen LogP) is 4.04. The van der Waals surface area contributed by atoms with Crippen molar-refractivity contribution < 1.29 is 4.39 Å². The fraction of sp³-hybridized carbons (Fsp3) is 0. The fourth-order valence-corrected chi connectivity index (χ4v) is 1.95. The van der Waals surface area contributed by atoms with Crippen LogP contribution in [0.15, 0.2) is 60.8 Å². The van der Waals surface area contributed by atoms with E-state index in [0.717, 1.165) is 5.39 Å². The molecule has 17 heavy (non-hydrogen) atoms. The number of halogens is 1. The molecule has 1 aromatic heterocycles. The summed E-state index contributed by atoms with van der Waals surface area (Å²) < 4.78 is 14.3. The number of fused-ring (bicyclic) bond motifs is 1. The molecule has 3 rings (SSSR count). The summed E-state index contributed by atoms with van der Waals surface area (Å²) in [4.78, 5) is 4.18. The number of hydrogen-bond donors (Lipinski definition) is 0. The normalized spacial score (nSPS) is 10.6. The average Bonchev–Trinajstić information content (AvgIpc) is 2.40. The Morgan fingerprint density at radius 3 is 2.47 bits per heavy atom. The van der Waals surface area contributed by atoms with Crippen LogP contribution < -0.4 is 0 Å². The highest BCUT2D eigenvalue weighted by Gasteiger charge is 2.09. The molecule has 1 heterocycles. The number of aromatic nitrogens is 1. The Hall–Kier alpha value is -2.22. The highest BCUT2D eigenvalue weighted by Crippen LogP contribution is 2.27. The van der Waals surface area contributed by atoms with Crippen LogP contribution in [0.2, 0.25) is 0 Å². The summed E-state index contributed by atoms with van der Waals surface area (Å²) in [5.74, 6) is -0.207. The van der Waals surface area contributed by atoms with Gasteiger partial charge in [0.15, 0.2) is 0 Å². The minimum absolute atomic E-state index is 0.207. The minimum atomic E-state index is -0.207. The van der Waals surface area contributed by atoms with Crippen LogP contribution in [0.25, 0.3) is 22.0 Å². The first-order valence-electron chi connectivity index (χ1n) is 5.45. The minimum Gasteiger partial charge on any atom is -0.256 e. The largest absolute Gasteiger partial charge is 0.256 e. The van der Waals surface area contributed by atoms with Gasteiger partial charge in [0.05, 0.1) is 5.69 Å².